The standard InChI is InChI=1S/C18H15N5O/c1-12-8-10-14(11-9-12)18(24)20-17-16(21-19)13(2)22-23(17)15-6-4-3-5-7-15/h3-11H,1-2H3. The zero-order chi connectivity index (χ0) is 17.1. The Kier molecular flexibility index (Phi) is 4.08. The molecule has 0 saturated heterocycles. The van der Waals surface area contributed by atoms with Gasteiger partial charge in [0.05, 0.1) is 5.69 Å². The molecule has 1 aromatic heterocycles. The molecule has 0 atom stereocenters. The number of aromatic nitrogens is 2. The minimum atomic E-state index is -0.419. The molecule has 0 fully saturated rings. The minimum absolute atomic E-state index is 0.180. The summed E-state index contributed by atoms with van der Waals surface area (Å²) in [6.07, 6.45) is 0. The van der Waals surface area contributed by atoms with Gasteiger partial charge in [0.25, 0.3) is 5.82 Å². The molecular formula is C18H15N5O. The molecule has 0 bridgehead atoms. The van der Waals surface area contributed by atoms with Crippen LogP contribution >= 0.6 is 0 Å². The molecule has 0 N–H and O–H groups in total. The van der Waals surface area contributed by atoms with Crippen LogP contribution in [0.2, 0.25) is 0 Å². The Bertz CT molecular complexity index is 934. The second kappa shape index (κ2) is 6.34. The van der Waals surface area contributed by atoms with Crippen molar-refractivity contribution in [3.63, 3.8) is 0 Å². The zero-order valence-electron chi connectivity index (χ0n) is 13.3. The summed E-state index contributed by atoms with van der Waals surface area (Å²) in [6, 6.07) is 16.4. The number of aliphatic imine (C=N–C) groups is 1. The largest absolute Gasteiger partial charge is 0.858 e. The van der Waals surface area contributed by atoms with Crippen molar-refractivity contribution < 1.29 is 5.11 Å². The highest BCUT2D eigenvalue weighted by atomic mass is 16.3. The van der Waals surface area contributed by atoms with Crippen LogP contribution in [-0.2, 0) is 0 Å². The lowest BCUT2D eigenvalue weighted by molar-refractivity contribution is -0.212. The van der Waals surface area contributed by atoms with Gasteiger partial charge in [0.1, 0.15) is 0 Å². The summed E-state index contributed by atoms with van der Waals surface area (Å²) < 4.78 is 1.50. The van der Waals surface area contributed by atoms with Crippen LogP contribution in [0.15, 0.2) is 59.6 Å². The number of para-hydroxylation sites is 1. The summed E-state index contributed by atoms with van der Waals surface area (Å²) in [4.78, 5) is 7.38. The number of aryl methyl sites for hydroxylation is 2. The van der Waals surface area contributed by atoms with Gasteiger partial charge in [-0.1, -0.05) is 48.0 Å². The SMILES string of the molecule is Cc1ccc(C([O-])=Nc2c([N+]#N)c(C)nn2-c2ccccc2)cc1. The maximum absolute atomic E-state index is 12.5. The van der Waals surface area contributed by atoms with E-state index < -0.39 is 5.90 Å². The molecule has 6 heteroatoms. The van der Waals surface area contributed by atoms with Gasteiger partial charge < -0.3 is 5.11 Å². The summed E-state index contributed by atoms with van der Waals surface area (Å²) in [5.41, 5.74) is 2.91. The molecule has 3 aromatic rings. The van der Waals surface area contributed by atoms with Crippen molar-refractivity contribution in [3.8, 4) is 5.69 Å². The Morgan fingerprint density at radius 1 is 1.08 bits per heavy atom. The smallest absolute Gasteiger partial charge is 0.451 e. The van der Waals surface area contributed by atoms with Crippen LogP contribution in [0.3, 0.4) is 0 Å². The van der Waals surface area contributed by atoms with E-state index in [0.717, 1.165) is 11.3 Å². The summed E-state index contributed by atoms with van der Waals surface area (Å²) in [5, 5.41) is 26.1. The second-order valence-electron chi connectivity index (χ2n) is 5.39. The van der Waals surface area contributed by atoms with Crippen LogP contribution in [0.5, 0.6) is 0 Å². The van der Waals surface area contributed by atoms with E-state index in [4.69, 9.17) is 0 Å². The van der Waals surface area contributed by atoms with E-state index in [1.807, 2.05) is 49.4 Å². The van der Waals surface area contributed by atoms with Crippen LogP contribution in [0.25, 0.3) is 10.7 Å². The Hall–Kier alpha value is -3.46. The van der Waals surface area contributed by atoms with E-state index in [1.54, 1.807) is 19.1 Å². The van der Waals surface area contributed by atoms with Crippen LogP contribution in [-0.4, -0.2) is 15.7 Å². The topological polar surface area (TPSA) is 81.4 Å². The van der Waals surface area contributed by atoms with Gasteiger partial charge in [-0.3, -0.25) is 0 Å². The van der Waals surface area contributed by atoms with Crippen molar-refractivity contribution in [1.29, 1.82) is 5.39 Å². The van der Waals surface area contributed by atoms with Gasteiger partial charge in [-0.15, -0.1) is 0 Å². The second-order valence-corrected chi connectivity index (χ2v) is 5.39. The average molecular weight is 317 g/mol. The number of rotatable bonds is 3. The Balaban J connectivity index is 2.15. The zero-order valence-corrected chi connectivity index (χ0v) is 13.3. The molecule has 0 radical (unpaired) electrons. The van der Waals surface area contributed by atoms with E-state index in [2.05, 4.69) is 15.1 Å². The predicted octanol–water partition coefficient (Wildman–Crippen LogP) is 3.41. The minimum Gasteiger partial charge on any atom is -0.858 e. The molecule has 1 heterocycles. The third-order valence-corrected chi connectivity index (χ3v) is 3.61. The lowest BCUT2D eigenvalue weighted by atomic mass is 10.1. The Morgan fingerprint density at radius 3 is 2.38 bits per heavy atom. The molecule has 0 aliphatic heterocycles. The van der Waals surface area contributed by atoms with Crippen LogP contribution in [0.4, 0.5) is 11.5 Å². The maximum Gasteiger partial charge on any atom is 0.451 e. The van der Waals surface area contributed by atoms with Crippen molar-refractivity contribution in [3.05, 3.63) is 76.4 Å². The van der Waals surface area contributed by atoms with Gasteiger partial charge in [-0.2, -0.15) is 5.10 Å². The number of benzene rings is 2. The monoisotopic (exact) mass is 317 g/mol. The molecule has 0 saturated carbocycles. The Morgan fingerprint density at radius 2 is 1.75 bits per heavy atom. The molecule has 3 rings (SSSR count). The first-order chi connectivity index (χ1) is 11.6. The van der Waals surface area contributed by atoms with Gasteiger partial charge in [-0.25, -0.2) is 9.67 Å². The van der Waals surface area contributed by atoms with Crippen molar-refractivity contribution in [2.45, 2.75) is 13.8 Å². The fourth-order valence-corrected chi connectivity index (χ4v) is 2.33. The molecule has 118 valence electrons. The van der Waals surface area contributed by atoms with Gasteiger partial charge in [-0.05, 0) is 37.4 Å². The van der Waals surface area contributed by atoms with Gasteiger partial charge in [0.2, 0.25) is 5.39 Å². The normalized spacial score (nSPS) is 11.3. The van der Waals surface area contributed by atoms with E-state index in [0.29, 0.717) is 11.3 Å². The molecule has 0 aliphatic carbocycles. The molecule has 0 amide bonds. The molecule has 6 nitrogen and oxygen atoms in total. The number of hydrogen-bond donors (Lipinski definition) is 0. The fourth-order valence-electron chi connectivity index (χ4n) is 2.33. The number of nitrogens with zero attached hydrogens (tertiary/aromatic N) is 5. The summed E-state index contributed by atoms with van der Waals surface area (Å²) in [6.45, 7) is 3.64. The van der Waals surface area contributed by atoms with Crippen molar-refractivity contribution in [2.24, 2.45) is 4.99 Å². The first-order valence-corrected chi connectivity index (χ1v) is 7.43. The Labute approximate surface area is 139 Å². The van der Waals surface area contributed by atoms with Crippen LogP contribution in [0.1, 0.15) is 16.8 Å². The summed E-state index contributed by atoms with van der Waals surface area (Å²) >= 11 is 0. The van der Waals surface area contributed by atoms with E-state index in [9.17, 15) is 10.5 Å². The van der Waals surface area contributed by atoms with E-state index in [-0.39, 0.29) is 11.5 Å². The van der Waals surface area contributed by atoms with Crippen molar-refractivity contribution >= 4 is 17.4 Å². The lowest BCUT2D eigenvalue weighted by Gasteiger charge is -2.11. The first kappa shape index (κ1) is 15.4. The van der Waals surface area contributed by atoms with Gasteiger partial charge >= 0.3 is 5.69 Å². The van der Waals surface area contributed by atoms with Crippen LogP contribution in [0, 0.1) is 19.2 Å². The molecular weight excluding hydrogens is 302 g/mol. The average Bonchev–Trinajstić information content (AvgIpc) is 2.91. The first-order valence-electron chi connectivity index (χ1n) is 7.43. The van der Waals surface area contributed by atoms with E-state index >= 15 is 0 Å². The van der Waals surface area contributed by atoms with Gasteiger partial charge in [0, 0.05) is 0 Å². The fraction of sp³-hybridized carbons (Fsp3) is 0.111. The number of diazo groups is 1. The quantitative estimate of drug-likeness (QED) is 0.421. The molecule has 0 unspecified atom stereocenters. The molecule has 24 heavy (non-hydrogen) atoms. The van der Waals surface area contributed by atoms with Gasteiger partial charge in [0.15, 0.2) is 10.7 Å². The highest BCUT2D eigenvalue weighted by Crippen LogP contribution is 2.34. The highest BCUT2D eigenvalue weighted by molar-refractivity contribution is 5.93. The van der Waals surface area contributed by atoms with E-state index in [1.165, 1.54) is 4.68 Å². The summed E-state index contributed by atoms with van der Waals surface area (Å²) in [7, 11) is 0. The third-order valence-electron chi connectivity index (χ3n) is 3.61. The molecule has 0 spiro atoms. The highest BCUT2D eigenvalue weighted by Gasteiger charge is 2.26. The summed E-state index contributed by atoms with van der Waals surface area (Å²) in [5.74, 6) is -0.219. The van der Waals surface area contributed by atoms with Crippen molar-refractivity contribution in [2.75, 3.05) is 0 Å². The third kappa shape index (κ3) is 2.88. The van der Waals surface area contributed by atoms with Crippen LogP contribution < -0.4 is 5.11 Å². The molecule has 2 aromatic carbocycles. The lowest BCUT2D eigenvalue weighted by Crippen LogP contribution is -2.18. The maximum atomic E-state index is 12.5. The van der Waals surface area contributed by atoms with Crippen molar-refractivity contribution in [1.82, 2.24) is 9.78 Å². The number of hydrogen-bond acceptors (Lipinski definition) is 4. The predicted molar refractivity (Wildman–Crippen MR) is 90.4 cm³/mol. The molecule has 0 aliphatic rings.